The van der Waals surface area contributed by atoms with Crippen LogP contribution in [0.15, 0.2) is 46.9 Å². The molecule has 3 nitrogen and oxygen atoms in total. The molecule has 3 rings (SSSR count). The minimum Gasteiger partial charge on any atom is -0.485 e. The minimum atomic E-state index is -0.665. The van der Waals surface area contributed by atoms with Crippen molar-refractivity contribution < 1.29 is 18.7 Å². The third-order valence-electron chi connectivity index (χ3n) is 3.17. The molecule has 108 valence electrons. The fraction of sp³-hybridized carbons (Fsp3) is 0.188. The number of carbonyl (C=O) groups excluding carboxylic acids is 1. The zero-order valence-electron chi connectivity index (χ0n) is 11.0. The van der Waals surface area contributed by atoms with Gasteiger partial charge in [-0.3, -0.25) is 4.79 Å². The zero-order chi connectivity index (χ0) is 14.8. The van der Waals surface area contributed by atoms with Crippen molar-refractivity contribution >= 4 is 21.7 Å². The van der Waals surface area contributed by atoms with Crippen LogP contribution < -0.4 is 9.47 Å². The Bertz CT molecular complexity index is 667. The molecule has 1 unspecified atom stereocenters. The fourth-order valence-electron chi connectivity index (χ4n) is 2.21. The van der Waals surface area contributed by atoms with Gasteiger partial charge in [0.2, 0.25) is 0 Å². The lowest BCUT2D eigenvalue weighted by molar-refractivity contribution is -0.127. The molecule has 1 aliphatic rings. The number of ketones is 1. The van der Waals surface area contributed by atoms with Crippen LogP contribution >= 0.6 is 15.9 Å². The first-order chi connectivity index (χ1) is 10.1. The van der Waals surface area contributed by atoms with Crippen LogP contribution in [0.1, 0.15) is 5.56 Å². The van der Waals surface area contributed by atoms with E-state index in [9.17, 15) is 9.18 Å². The Labute approximate surface area is 129 Å². The van der Waals surface area contributed by atoms with Gasteiger partial charge in [0.15, 0.2) is 23.4 Å². The topological polar surface area (TPSA) is 35.5 Å². The van der Waals surface area contributed by atoms with Crippen LogP contribution in [0.25, 0.3) is 0 Å². The molecule has 1 heterocycles. The van der Waals surface area contributed by atoms with Crippen molar-refractivity contribution in [1.82, 2.24) is 0 Å². The van der Waals surface area contributed by atoms with E-state index in [-0.39, 0.29) is 24.6 Å². The lowest BCUT2D eigenvalue weighted by Crippen LogP contribution is -2.37. The number of halogens is 2. The largest absolute Gasteiger partial charge is 0.485 e. The maximum atomic E-state index is 13.3. The molecule has 2 aromatic rings. The molecule has 0 fully saturated rings. The highest BCUT2D eigenvalue weighted by atomic mass is 79.9. The number of benzene rings is 2. The lowest BCUT2D eigenvalue weighted by atomic mass is 10.1. The van der Waals surface area contributed by atoms with Crippen LogP contribution in [0.4, 0.5) is 4.39 Å². The minimum absolute atomic E-state index is 0.104. The van der Waals surface area contributed by atoms with Gasteiger partial charge in [0.05, 0.1) is 0 Å². The molecule has 0 bridgehead atoms. The van der Waals surface area contributed by atoms with E-state index < -0.39 is 6.10 Å². The Morgan fingerprint density at radius 2 is 2.00 bits per heavy atom. The highest BCUT2D eigenvalue weighted by molar-refractivity contribution is 9.10. The summed E-state index contributed by atoms with van der Waals surface area (Å²) in [6.45, 7) is 0.173. The summed E-state index contributed by atoms with van der Waals surface area (Å²) >= 11 is 3.21. The van der Waals surface area contributed by atoms with Gasteiger partial charge in [0.1, 0.15) is 12.4 Å². The van der Waals surface area contributed by atoms with Crippen molar-refractivity contribution in [3.8, 4) is 11.5 Å². The van der Waals surface area contributed by atoms with E-state index in [2.05, 4.69) is 15.9 Å². The second kappa shape index (κ2) is 5.85. The molecule has 21 heavy (non-hydrogen) atoms. The van der Waals surface area contributed by atoms with Gasteiger partial charge in [0.25, 0.3) is 0 Å². The smallest absolute Gasteiger partial charge is 0.191 e. The van der Waals surface area contributed by atoms with Crippen molar-refractivity contribution in [3.05, 3.63) is 58.3 Å². The monoisotopic (exact) mass is 350 g/mol. The Balaban J connectivity index is 1.72. The standard InChI is InChI=1S/C16H12BrFO3/c17-11-5-10(6-12(18)8-11)7-13(19)16-9-20-14-3-1-2-4-15(14)21-16/h1-6,8,16H,7,9H2. The SMILES string of the molecule is O=C(Cc1cc(F)cc(Br)c1)C1COc2ccccc2O1. The average Bonchev–Trinajstić information content (AvgIpc) is 2.45. The second-order valence-electron chi connectivity index (χ2n) is 4.79. The third-order valence-corrected chi connectivity index (χ3v) is 3.63. The Morgan fingerprint density at radius 1 is 1.24 bits per heavy atom. The maximum Gasteiger partial charge on any atom is 0.191 e. The number of Topliss-reactive ketones (excluding diaryl/α,β-unsaturated/α-hetero) is 1. The number of hydrogen-bond donors (Lipinski definition) is 0. The molecule has 0 amide bonds. The fourth-order valence-corrected chi connectivity index (χ4v) is 2.72. The predicted octanol–water partition coefficient (Wildman–Crippen LogP) is 3.54. The van der Waals surface area contributed by atoms with Crippen LogP contribution in [0, 0.1) is 5.82 Å². The third kappa shape index (κ3) is 3.24. The molecular formula is C16H12BrFO3. The quantitative estimate of drug-likeness (QED) is 0.849. The van der Waals surface area contributed by atoms with E-state index >= 15 is 0 Å². The molecule has 0 N–H and O–H groups in total. The van der Waals surface area contributed by atoms with Crippen LogP contribution in [0.5, 0.6) is 11.5 Å². The summed E-state index contributed by atoms with van der Waals surface area (Å²) in [5, 5.41) is 0. The van der Waals surface area contributed by atoms with E-state index in [1.165, 1.54) is 12.1 Å². The van der Waals surface area contributed by atoms with E-state index in [1.807, 2.05) is 12.1 Å². The van der Waals surface area contributed by atoms with Gasteiger partial charge in [-0.1, -0.05) is 28.1 Å². The first kappa shape index (κ1) is 14.1. The summed E-state index contributed by atoms with van der Waals surface area (Å²) in [5.41, 5.74) is 0.606. The molecule has 5 heteroatoms. The van der Waals surface area contributed by atoms with Gasteiger partial charge in [-0.15, -0.1) is 0 Å². The molecule has 0 aromatic heterocycles. The summed E-state index contributed by atoms with van der Waals surface area (Å²) in [5.74, 6) is 0.679. The summed E-state index contributed by atoms with van der Waals surface area (Å²) < 4.78 is 25.1. The van der Waals surface area contributed by atoms with Gasteiger partial charge in [-0.2, -0.15) is 0 Å². The average molecular weight is 351 g/mol. The van der Waals surface area contributed by atoms with E-state index in [1.54, 1.807) is 18.2 Å². The van der Waals surface area contributed by atoms with E-state index in [0.717, 1.165) is 0 Å². The summed E-state index contributed by atoms with van der Waals surface area (Å²) in [6.07, 6.45) is -0.561. The molecular weight excluding hydrogens is 339 g/mol. The number of carbonyl (C=O) groups is 1. The first-order valence-electron chi connectivity index (χ1n) is 6.48. The maximum absolute atomic E-state index is 13.3. The van der Waals surface area contributed by atoms with Crippen LogP contribution in [0.2, 0.25) is 0 Å². The highest BCUT2D eigenvalue weighted by Gasteiger charge is 2.27. The van der Waals surface area contributed by atoms with Gasteiger partial charge in [0, 0.05) is 10.9 Å². The Morgan fingerprint density at radius 3 is 2.76 bits per heavy atom. The second-order valence-corrected chi connectivity index (χ2v) is 5.70. The molecule has 1 atom stereocenters. The van der Waals surface area contributed by atoms with Crippen molar-refractivity contribution in [2.24, 2.45) is 0 Å². The molecule has 0 saturated carbocycles. The van der Waals surface area contributed by atoms with E-state index in [0.29, 0.717) is 21.5 Å². The highest BCUT2D eigenvalue weighted by Crippen LogP contribution is 2.31. The van der Waals surface area contributed by atoms with Crippen molar-refractivity contribution in [3.63, 3.8) is 0 Å². The number of hydrogen-bond acceptors (Lipinski definition) is 3. The zero-order valence-corrected chi connectivity index (χ0v) is 12.6. The molecule has 2 aromatic carbocycles. The molecule has 0 saturated heterocycles. The first-order valence-corrected chi connectivity index (χ1v) is 7.27. The number of rotatable bonds is 3. The number of ether oxygens (including phenoxy) is 2. The van der Waals surface area contributed by atoms with Crippen molar-refractivity contribution in [2.75, 3.05) is 6.61 Å². The van der Waals surface area contributed by atoms with Gasteiger partial charge in [-0.25, -0.2) is 4.39 Å². The van der Waals surface area contributed by atoms with E-state index in [4.69, 9.17) is 9.47 Å². The number of fused-ring (bicyclic) bond motifs is 1. The molecule has 0 radical (unpaired) electrons. The predicted molar refractivity (Wildman–Crippen MR) is 79.2 cm³/mol. The van der Waals surface area contributed by atoms with Gasteiger partial charge < -0.3 is 9.47 Å². The molecule has 0 spiro atoms. The van der Waals surface area contributed by atoms with Gasteiger partial charge >= 0.3 is 0 Å². The number of para-hydroxylation sites is 2. The molecule has 1 aliphatic heterocycles. The van der Waals surface area contributed by atoms with Crippen molar-refractivity contribution in [1.29, 1.82) is 0 Å². The lowest BCUT2D eigenvalue weighted by Gasteiger charge is -2.25. The van der Waals surface area contributed by atoms with Crippen LogP contribution in [0.3, 0.4) is 0 Å². The van der Waals surface area contributed by atoms with Crippen molar-refractivity contribution in [2.45, 2.75) is 12.5 Å². The summed E-state index contributed by atoms with van der Waals surface area (Å²) in [4.78, 5) is 12.3. The Kier molecular flexibility index (Phi) is 3.92. The molecule has 0 aliphatic carbocycles. The normalized spacial score (nSPS) is 16.6. The summed E-state index contributed by atoms with van der Waals surface area (Å²) in [6, 6.07) is 11.6. The van der Waals surface area contributed by atoms with Gasteiger partial charge in [-0.05, 0) is 35.9 Å². The van der Waals surface area contributed by atoms with Crippen LogP contribution in [-0.4, -0.2) is 18.5 Å². The van der Waals surface area contributed by atoms with Crippen LogP contribution in [-0.2, 0) is 11.2 Å². The Hall–Kier alpha value is -1.88. The summed E-state index contributed by atoms with van der Waals surface area (Å²) in [7, 11) is 0.